The maximum absolute atomic E-state index is 13.4. The number of thioether (sulfide) groups is 1. The summed E-state index contributed by atoms with van der Waals surface area (Å²) in [5.74, 6) is 0.917. The molecule has 0 radical (unpaired) electrons. The van der Waals surface area contributed by atoms with E-state index in [-0.39, 0.29) is 11.8 Å². The van der Waals surface area contributed by atoms with Crippen molar-refractivity contribution in [3.8, 4) is 11.5 Å². The molecule has 188 valence electrons. The summed E-state index contributed by atoms with van der Waals surface area (Å²) in [6.07, 6.45) is 0.308. The van der Waals surface area contributed by atoms with Gasteiger partial charge in [0.1, 0.15) is 16.7 Å². The Kier molecular flexibility index (Phi) is 8.84. The smallest absolute Gasteiger partial charge is 0.242 e. The number of hydrogen-bond donors (Lipinski definition) is 2. The third-order valence-corrected chi connectivity index (χ3v) is 6.83. The average molecular weight is 513 g/mol. The van der Waals surface area contributed by atoms with Gasteiger partial charge in [0.15, 0.2) is 0 Å². The van der Waals surface area contributed by atoms with Gasteiger partial charge in [-0.05, 0) is 35.4 Å². The number of ether oxygens (including phenoxy) is 2. The summed E-state index contributed by atoms with van der Waals surface area (Å²) in [6.45, 7) is 0. The topological polar surface area (TPSA) is 76.7 Å². The number of carbonyl (C=O) groups is 2. The molecule has 0 aliphatic rings. The van der Waals surface area contributed by atoms with E-state index in [9.17, 15) is 9.59 Å². The number of benzene rings is 4. The SMILES string of the molecule is COc1cc(NC(=O)C(Sc2ccc(NC(=O)Cc3ccccc3)cc2)c2ccccc2)cc(OC)c1. The number of rotatable bonds is 10. The minimum atomic E-state index is -0.503. The number of nitrogens with one attached hydrogen (secondary N) is 2. The first-order valence-corrected chi connectivity index (χ1v) is 12.6. The van der Waals surface area contributed by atoms with Crippen molar-refractivity contribution < 1.29 is 19.1 Å². The standard InChI is InChI=1S/C30H28N2O4S/c1-35-25-18-24(19-26(20-25)36-2)32-30(34)29(22-11-7-4-8-12-22)37-27-15-13-23(14-16-27)31-28(33)17-21-9-5-3-6-10-21/h3-16,18-20,29H,17H2,1-2H3,(H,31,33)(H,32,34). The van der Waals surface area contributed by atoms with Crippen molar-refractivity contribution in [1.29, 1.82) is 0 Å². The highest BCUT2D eigenvalue weighted by molar-refractivity contribution is 8.00. The van der Waals surface area contributed by atoms with Gasteiger partial charge >= 0.3 is 0 Å². The lowest BCUT2D eigenvalue weighted by Gasteiger charge is -2.18. The lowest BCUT2D eigenvalue weighted by Crippen LogP contribution is -2.19. The Morgan fingerprint density at radius 1 is 0.730 bits per heavy atom. The second-order valence-corrected chi connectivity index (χ2v) is 9.41. The Morgan fingerprint density at radius 2 is 1.32 bits per heavy atom. The first-order valence-electron chi connectivity index (χ1n) is 11.7. The number of hydrogen-bond acceptors (Lipinski definition) is 5. The van der Waals surface area contributed by atoms with Crippen LogP contribution in [0.1, 0.15) is 16.4 Å². The van der Waals surface area contributed by atoms with Crippen LogP contribution in [0.25, 0.3) is 0 Å². The summed E-state index contributed by atoms with van der Waals surface area (Å²) in [5.41, 5.74) is 3.12. The van der Waals surface area contributed by atoms with Crippen LogP contribution < -0.4 is 20.1 Å². The Labute approximate surface area is 221 Å². The lowest BCUT2D eigenvalue weighted by atomic mass is 10.1. The maximum atomic E-state index is 13.4. The third-order valence-electron chi connectivity index (χ3n) is 5.56. The van der Waals surface area contributed by atoms with Crippen molar-refractivity contribution in [1.82, 2.24) is 0 Å². The Morgan fingerprint density at radius 3 is 1.92 bits per heavy atom. The normalized spacial score (nSPS) is 11.3. The van der Waals surface area contributed by atoms with Crippen molar-refractivity contribution in [3.63, 3.8) is 0 Å². The largest absolute Gasteiger partial charge is 0.497 e. The van der Waals surface area contributed by atoms with E-state index in [4.69, 9.17) is 9.47 Å². The summed E-state index contributed by atoms with van der Waals surface area (Å²) in [5, 5.41) is 5.42. The first kappa shape index (κ1) is 25.9. The summed E-state index contributed by atoms with van der Waals surface area (Å²) >= 11 is 1.43. The molecular formula is C30H28N2O4S. The van der Waals surface area contributed by atoms with E-state index in [0.717, 1.165) is 16.0 Å². The zero-order chi connectivity index (χ0) is 26.0. The third kappa shape index (κ3) is 7.38. The molecule has 4 rings (SSSR count). The van der Waals surface area contributed by atoms with Gasteiger partial charge in [-0.3, -0.25) is 9.59 Å². The highest BCUT2D eigenvalue weighted by atomic mass is 32.2. The van der Waals surface area contributed by atoms with E-state index in [0.29, 0.717) is 29.3 Å². The predicted octanol–water partition coefficient (Wildman–Crippen LogP) is 6.36. The maximum Gasteiger partial charge on any atom is 0.242 e. The van der Waals surface area contributed by atoms with Crippen LogP contribution in [0.2, 0.25) is 0 Å². The molecule has 2 N–H and O–H groups in total. The molecule has 1 unspecified atom stereocenters. The lowest BCUT2D eigenvalue weighted by molar-refractivity contribution is -0.116. The van der Waals surface area contributed by atoms with Gasteiger partial charge in [0, 0.05) is 34.5 Å². The molecule has 4 aromatic rings. The average Bonchev–Trinajstić information content (AvgIpc) is 2.93. The van der Waals surface area contributed by atoms with Gasteiger partial charge in [0.05, 0.1) is 20.6 Å². The van der Waals surface area contributed by atoms with E-state index < -0.39 is 5.25 Å². The summed E-state index contributed by atoms with van der Waals surface area (Å²) in [7, 11) is 3.13. The van der Waals surface area contributed by atoms with Gasteiger partial charge in [-0.25, -0.2) is 0 Å². The van der Waals surface area contributed by atoms with Crippen molar-refractivity contribution in [3.05, 3.63) is 114 Å². The van der Waals surface area contributed by atoms with E-state index in [1.807, 2.05) is 84.9 Å². The fraction of sp³-hybridized carbons (Fsp3) is 0.133. The van der Waals surface area contributed by atoms with Crippen molar-refractivity contribution in [2.45, 2.75) is 16.6 Å². The molecule has 7 heteroatoms. The molecule has 37 heavy (non-hydrogen) atoms. The van der Waals surface area contributed by atoms with Crippen LogP contribution in [0.4, 0.5) is 11.4 Å². The highest BCUT2D eigenvalue weighted by Gasteiger charge is 2.23. The monoisotopic (exact) mass is 512 g/mol. The van der Waals surface area contributed by atoms with Crippen LogP contribution in [0.15, 0.2) is 108 Å². The molecule has 0 spiro atoms. The first-order chi connectivity index (χ1) is 18.0. The van der Waals surface area contributed by atoms with E-state index in [1.165, 1.54) is 11.8 Å². The molecule has 0 aliphatic carbocycles. The molecule has 2 amide bonds. The number of amides is 2. The molecule has 0 bridgehead atoms. The zero-order valence-corrected chi connectivity index (χ0v) is 21.5. The molecule has 0 saturated heterocycles. The Bertz CT molecular complexity index is 1310. The zero-order valence-electron chi connectivity index (χ0n) is 20.6. The Balaban J connectivity index is 1.47. The molecule has 0 saturated carbocycles. The van der Waals surface area contributed by atoms with Crippen LogP contribution in [0, 0.1) is 0 Å². The van der Waals surface area contributed by atoms with Gasteiger partial charge < -0.3 is 20.1 Å². The Hall–Kier alpha value is -4.23. The summed E-state index contributed by atoms with van der Waals surface area (Å²) in [4.78, 5) is 26.7. The van der Waals surface area contributed by atoms with E-state index >= 15 is 0 Å². The van der Waals surface area contributed by atoms with Crippen LogP contribution in [-0.4, -0.2) is 26.0 Å². The molecule has 0 aromatic heterocycles. The fourth-order valence-corrected chi connectivity index (χ4v) is 4.75. The van der Waals surface area contributed by atoms with Gasteiger partial charge in [-0.15, -0.1) is 11.8 Å². The van der Waals surface area contributed by atoms with Gasteiger partial charge in [0.25, 0.3) is 0 Å². The second-order valence-electron chi connectivity index (χ2n) is 8.23. The van der Waals surface area contributed by atoms with Gasteiger partial charge in [-0.2, -0.15) is 0 Å². The molecule has 1 atom stereocenters. The number of carbonyl (C=O) groups excluding carboxylic acids is 2. The molecule has 0 heterocycles. The number of methoxy groups -OCH3 is 2. The number of anilines is 2. The quantitative estimate of drug-likeness (QED) is 0.242. The molecule has 6 nitrogen and oxygen atoms in total. The van der Waals surface area contributed by atoms with Crippen LogP contribution in [0.5, 0.6) is 11.5 Å². The van der Waals surface area contributed by atoms with E-state index in [1.54, 1.807) is 32.4 Å². The van der Waals surface area contributed by atoms with Crippen molar-refractivity contribution in [2.24, 2.45) is 0 Å². The van der Waals surface area contributed by atoms with Crippen LogP contribution >= 0.6 is 11.8 Å². The van der Waals surface area contributed by atoms with Gasteiger partial charge in [-0.1, -0.05) is 60.7 Å². The van der Waals surface area contributed by atoms with Crippen LogP contribution in [0.3, 0.4) is 0 Å². The minimum Gasteiger partial charge on any atom is -0.497 e. The molecule has 4 aromatic carbocycles. The predicted molar refractivity (Wildman–Crippen MR) is 148 cm³/mol. The van der Waals surface area contributed by atoms with E-state index in [2.05, 4.69) is 10.6 Å². The summed E-state index contributed by atoms with van der Waals surface area (Å²) in [6, 6.07) is 32.0. The fourth-order valence-electron chi connectivity index (χ4n) is 3.73. The van der Waals surface area contributed by atoms with Crippen molar-refractivity contribution in [2.75, 3.05) is 24.9 Å². The molecule has 0 aliphatic heterocycles. The molecular weight excluding hydrogens is 484 g/mol. The molecule has 0 fully saturated rings. The van der Waals surface area contributed by atoms with Gasteiger partial charge in [0.2, 0.25) is 11.8 Å². The minimum absolute atomic E-state index is 0.0816. The summed E-state index contributed by atoms with van der Waals surface area (Å²) < 4.78 is 10.7. The van der Waals surface area contributed by atoms with Crippen LogP contribution in [-0.2, 0) is 16.0 Å². The van der Waals surface area contributed by atoms with Crippen molar-refractivity contribution >= 4 is 35.0 Å². The highest BCUT2D eigenvalue weighted by Crippen LogP contribution is 2.37. The second kappa shape index (κ2) is 12.6.